The van der Waals surface area contributed by atoms with Crippen LogP contribution in [0.15, 0.2) is 0 Å². The van der Waals surface area contributed by atoms with E-state index in [1.165, 1.54) is 13.8 Å². The fraction of sp³-hybridized carbons (Fsp3) is 0.833. The van der Waals surface area contributed by atoms with Crippen molar-refractivity contribution in [2.24, 2.45) is 0 Å². The third-order valence-electron chi connectivity index (χ3n) is 7.99. The van der Waals surface area contributed by atoms with Crippen molar-refractivity contribution in [3.05, 3.63) is 0 Å². The molecule has 2 rings (SSSR count). The number of unbranched alkanes of at least 4 members (excludes halogenated alkanes) is 1. The Kier molecular flexibility index (Phi) is 19.2. The molecule has 0 bridgehead atoms. The molecule has 11 atom stereocenters. The topological polar surface area (TPSA) is 304 Å². The molecule has 20 heteroatoms. The second-order valence-corrected chi connectivity index (χ2v) is 12.1. The Morgan fingerprint density at radius 2 is 1.14 bits per heavy atom. The Bertz CT molecular complexity index is 1100. The van der Waals surface area contributed by atoms with Gasteiger partial charge in [-0.15, -0.1) is 0 Å². The van der Waals surface area contributed by atoms with Crippen molar-refractivity contribution in [2.45, 2.75) is 120 Å². The lowest BCUT2D eigenvalue weighted by molar-refractivity contribution is -0.292. The molecule has 0 saturated carbocycles. The number of amides is 5. The fourth-order valence-corrected chi connectivity index (χ4v) is 5.03. The van der Waals surface area contributed by atoms with Crippen LogP contribution in [0.3, 0.4) is 0 Å². The van der Waals surface area contributed by atoms with Crippen molar-refractivity contribution in [3.8, 4) is 0 Å². The number of hydrogen-bond donors (Lipinski definition) is 11. The zero-order valence-electron chi connectivity index (χ0n) is 28.5. The highest BCUT2D eigenvalue weighted by atomic mass is 16.7. The molecule has 0 aromatic carbocycles. The largest absolute Gasteiger partial charge is 0.388 e. The van der Waals surface area contributed by atoms with Crippen LogP contribution in [-0.2, 0) is 42.9 Å². The standard InChI is InChI=1S/C30H53N5O15/c1-15-22(40)24(42)26(44)29(49-15)47-12-10-32-18(36)9-8-17(34-19(37)6-4-5-7-20(38)35-21(39)14-31-3)28(46)33-11-13-48-30-27(45)25(43)23(41)16(2)50-30/h15-17,22-27,29-31,40-45H,4-14H2,1-3H3,(H,32,36)(H,33,46)(H,34,37)(H,35,38,39)/t15-,16-,17-,22+,23+,24+,25+,26-,27-,29+,30+/m0/s1. The zero-order valence-corrected chi connectivity index (χ0v) is 28.5. The predicted octanol–water partition coefficient (Wildman–Crippen LogP) is -5.41. The summed E-state index contributed by atoms with van der Waals surface area (Å²) in [7, 11) is 1.56. The van der Waals surface area contributed by atoms with Crippen molar-refractivity contribution in [1.29, 1.82) is 0 Å². The lowest BCUT2D eigenvalue weighted by Gasteiger charge is -2.38. The Morgan fingerprint density at radius 1 is 0.640 bits per heavy atom. The van der Waals surface area contributed by atoms with Crippen LogP contribution in [0.4, 0.5) is 0 Å². The summed E-state index contributed by atoms with van der Waals surface area (Å²) in [6.45, 7) is 2.56. The molecule has 11 N–H and O–H groups in total. The minimum Gasteiger partial charge on any atom is -0.388 e. The number of aliphatic hydroxyl groups excluding tert-OH is 6. The summed E-state index contributed by atoms with van der Waals surface area (Å²) in [6, 6.07) is -1.15. The second-order valence-electron chi connectivity index (χ2n) is 12.1. The van der Waals surface area contributed by atoms with Crippen molar-refractivity contribution in [2.75, 3.05) is 39.9 Å². The van der Waals surface area contributed by atoms with Crippen LogP contribution in [0.25, 0.3) is 0 Å². The van der Waals surface area contributed by atoms with Crippen LogP contribution >= 0.6 is 0 Å². The lowest BCUT2D eigenvalue weighted by atomic mass is 10.0. The van der Waals surface area contributed by atoms with E-state index in [0.717, 1.165) is 0 Å². The van der Waals surface area contributed by atoms with E-state index in [4.69, 9.17) is 18.9 Å². The Balaban J connectivity index is 1.83. The molecule has 0 aromatic rings. The van der Waals surface area contributed by atoms with Gasteiger partial charge >= 0.3 is 0 Å². The van der Waals surface area contributed by atoms with Crippen LogP contribution in [0.1, 0.15) is 52.4 Å². The minimum absolute atomic E-state index is 0.0120. The monoisotopic (exact) mass is 723 g/mol. The van der Waals surface area contributed by atoms with Crippen molar-refractivity contribution < 1.29 is 73.6 Å². The summed E-state index contributed by atoms with van der Waals surface area (Å²) in [5.74, 6) is -2.62. The van der Waals surface area contributed by atoms with Crippen LogP contribution < -0.4 is 26.6 Å². The van der Waals surface area contributed by atoms with Gasteiger partial charge in [0.25, 0.3) is 0 Å². The van der Waals surface area contributed by atoms with Crippen LogP contribution in [-0.4, -0.2) is 168 Å². The molecule has 2 saturated heterocycles. The highest BCUT2D eigenvalue weighted by Gasteiger charge is 2.43. The molecule has 0 radical (unpaired) electrons. The first-order chi connectivity index (χ1) is 23.7. The van der Waals surface area contributed by atoms with E-state index < -0.39 is 97.0 Å². The Hall–Kier alpha value is -2.89. The first kappa shape index (κ1) is 43.3. The summed E-state index contributed by atoms with van der Waals surface area (Å²) >= 11 is 0. The van der Waals surface area contributed by atoms with Gasteiger partial charge in [0, 0.05) is 32.4 Å². The summed E-state index contributed by atoms with van der Waals surface area (Å²) < 4.78 is 21.5. The average Bonchev–Trinajstić information content (AvgIpc) is 3.07. The molecular weight excluding hydrogens is 670 g/mol. The predicted molar refractivity (Wildman–Crippen MR) is 169 cm³/mol. The van der Waals surface area contributed by atoms with Crippen molar-refractivity contribution in [1.82, 2.24) is 26.6 Å². The summed E-state index contributed by atoms with van der Waals surface area (Å²) in [5.41, 5.74) is 0. The number of hydrogen-bond acceptors (Lipinski definition) is 16. The zero-order chi connectivity index (χ0) is 37.4. The van der Waals surface area contributed by atoms with Gasteiger partial charge in [-0.25, -0.2) is 0 Å². The van der Waals surface area contributed by atoms with E-state index >= 15 is 0 Å². The second kappa shape index (κ2) is 22.1. The van der Waals surface area contributed by atoms with E-state index in [9.17, 15) is 54.6 Å². The molecule has 2 heterocycles. The molecule has 50 heavy (non-hydrogen) atoms. The molecule has 20 nitrogen and oxygen atoms in total. The van der Waals surface area contributed by atoms with Gasteiger partial charge in [0.1, 0.15) is 42.7 Å². The molecule has 2 aliphatic heterocycles. The number of ether oxygens (including phenoxy) is 4. The van der Waals surface area contributed by atoms with Gasteiger partial charge in [0.15, 0.2) is 12.6 Å². The summed E-state index contributed by atoms with van der Waals surface area (Å²) in [5, 5.41) is 72.1. The number of likely N-dealkylation sites (N-methyl/N-ethyl adjacent to an activating group) is 1. The molecular formula is C30H53N5O15. The smallest absolute Gasteiger partial charge is 0.242 e. The summed E-state index contributed by atoms with van der Waals surface area (Å²) in [4.78, 5) is 61.6. The van der Waals surface area contributed by atoms with E-state index in [0.29, 0.717) is 6.42 Å². The van der Waals surface area contributed by atoms with E-state index in [1.54, 1.807) is 7.05 Å². The first-order valence-electron chi connectivity index (χ1n) is 16.6. The van der Waals surface area contributed by atoms with Gasteiger partial charge < -0.3 is 70.9 Å². The van der Waals surface area contributed by atoms with E-state index in [1.807, 2.05) is 0 Å². The maximum Gasteiger partial charge on any atom is 0.242 e. The highest BCUT2D eigenvalue weighted by Crippen LogP contribution is 2.22. The maximum atomic E-state index is 13.0. The number of carbonyl (C=O) groups excluding carboxylic acids is 5. The van der Waals surface area contributed by atoms with Gasteiger partial charge in [-0.2, -0.15) is 0 Å². The SMILES string of the molecule is CNCC(=O)NC(=O)CCCCC(=O)N[C@@H](CCC(=O)NCCO[C@@H]1O[C@@H](C)[C@@H](O)[C@@H](O)[C@@H]1O)C(=O)NCCO[C@@H]1O[C@@H](C)[C@@H](O)[C@@H](O)[C@@H]1O. The normalized spacial score (nSPS) is 30.2. The number of rotatable bonds is 20. The quantitative estimate of drug-likeness (QED) is 0.0523. The molecule has 0 unspecified atom stereocenters. The molecule has 2 aliphatic rings. The number of imide groups is 1. The van der Waals surface area contributed by atoms with Crippen LogP contribution in [0.5, 0.6) is 0 Å². The van der Waals surface area contributed by atoms with Gasteiger partial charge in [-0.3, -0.25) is 29.3 Å². The van der Waals surface area contributed by atoms with Crippen LogP contribution in [0, 0.1) is 0 Å². The molecule has 0 aliphatic carbocycles. The molecule has 0 aromatic heterocycles. The molecule has 2 fully saturated rings. The molecule has 288 valence electrons. The Labute approximate surface area is 289 Å². The van der Waals surface area contributed by atoms with Crippen molar-refractivity contribution in [3.63, 3.8) is 0 Å². The number of aliphatic hydroxyl groups is 6. The van der Waals surface area contributed by atoms with Crippen LogP contribution in [0.2, 0.25) is 0 Å². The minimum atomic E-state index is -1.53. The maximum absolute atomic E-state index is 13.0. The lowest BCUT2D eigenvalue weighted by Crippen LogP contribution is -2.57. The number of nitrogens with one attached hydrogen (secondary N) is 5. The van der Waals surface area contributed by atoms with E-state index in [2.05, 4.69) is 26.6 Å². The molecule has 5 amide bonds. The van der Waals surface area contributed by atoms with Gasteiger partial charge in [0.05, 0.1) is 32.0 Å². The third-order valence-corrected chi connectivity index (χ3v) is 7.99. The Morgan fingerprint density at radius 3 is 1.66 bits per heavy atom. The van der Waals surface area contributed by atoms with Crippen molar-refractivity contribution >= 4 is 29.5 Å². The van der Waals surface area contributed by atoms with Gasteiger partial charge in [0.2, 0.25) is 29.5 Å². The van der Waals surface area contributed by atoms with E-state index in [-0.39, 0.29) is 65.0 Å². The highest BCUT2D eigenvalue weighted by molar-refractivity contribution is 5.96. The van der Waals surface area contributed by atoms with Gasteiger partial charge in [-0.05, 0) is 40.2 Å². The fourth-order valence-electron chi connectivity index (χ4n) is 5.03. The first-order valence-corrected chi connectivity index (χ1v) is 16.6. The molecule has 0 spiro atoms. The third kappa shape index (κ3) is 14.4. The summed E-state index contributed by atoms with van der Waals surface area (Å²) in [6.07, 6.45) is -12.5. The number of carbonyl (C=O) groups is 5. The average molecular weight is 724 g/mol. The van der Waals surface area contributed by atoms with Gasteiger partial charge in [-0.1, -0.05) is 0 Å².